The third-order valence-electron chi connectivity index (χ3n) is 5.41. The number of nitrogens with one attached hydrogen (secondary N) is 1. The second-order valence-electron chi connectivity index (χ2n) is 8.49. The molecule has 11 heteroatoms. The lowest BCUT2D eigenvalue weighted by Gasteiger charge is -2.30. The molecule has 0 fully saturated rings. The highest BCUT2D eigenvalue weighted by Crippen LogP contribution is 2.39. The third kappa shape index (κ3) is 6.55. The van der Waals surface area contributed by atoms with E-state index in [0.717, 1.165) is 18.2 Å². The first kappa shape index (κ1) is 27.9. The van der Waals surface area contributed by atoms with Gasteiger partial charge in [0.25, 0.3) is 5.91 Å². The summed E-state index contributed by atoms with van der Waals surface area (Å²) in [4.78, 5) is 16.7. The van der Waals surface area contributed by atoms with Crippen LogP contribution < -0.4 is 14.8 Å². The van der Waals surface area contributed by atoms with E-state index in [4.69, 9.17) is 9.47 Å². The van der Waals surface area contributed by atoms with Gasteiger partial charge < -0.3 is 25.0 Å². The quantitative estimate of drug-likeness (QED) is 0.365. The van der Waals surface area contributed by atoms with E-state index in [1.165, 1.54) is 57.4 Å². The van der Waals surface area contributed by atoms with Crippen LogP contribution in [0.2, 0.25) is 0 Å². The van der Waals surface area contributed by atoms with Crippen molar-refractivity contribution in [3.8, 4) is 22.8 Å². The van der Waals surface area contributed by atoms with Crippen molar-refractivity contribution in [2.75, 3.05) is 20.3 Å². The highest BCUT2D eigenvalue weighted by molar-refractivity contribution is 5.95. The van der Waals surface area contributed by atoms with Crippen molar-refractivity contribution in [2.24, 2.45) is 0 Å². The van der Waals surface area contributed by atoms with Gasteiger partial charge in [-0.3, -0.25) is 4.79 Å². The predicted molar refractivity (Wildman–Crippen MR) is 127 cm³/mol. The van der Waals surface area contributed by atoms with Gasteiger partial charge in [0.15, 0.2) is 11.5 Å². The second-order valence-corrected chi connectivity index (χ2v) is 8.49. The summed E-state index contributed by atoms with van der Waals surface area (Å²) in [5, 5.41) is 22.3. The summed E-state index contributed by atoms with van der Waals surface area (Å²) in [5.41, 5.74) is -3.47. The number of carbonyl (C=O) groups excluding carboxylic acids is 1. The van der Waals surface area contributed by atoms with Gasteiger partial charge in [-0.1, -0.05) is 0 Å². The Labute approximate surface area is 210 Å². The number of aryl methyl sites for hydroxylation is 1. The number of aliphatic hydroxyl groups is 2. The fourth-order valence-corrected chi connectivity index (χ4v) is 3.43. The van der Waals surface area contributed by atoms with Crippen LogP contribution in [-0.2, 0) is 5.60 Å². The molecule has 0 aliphatic carbocycles. The summed E-state index contributed by atoms with van der Waals surface area (Å²) >= 11 is 0. The zero-order chi connectivity index (χ0) is 27.4. The first-order valence-corrected chi connectivity index (χ1v) is 11.2. The molecule has 0 bridgehead atoms. The monoisotopic (exact) mass is 522 g/mol. The van der Waals surface area contributed by atoms with E-state index >= 15 is 0 Å². The van der Waals surface area contributed by atoms with Crippen LogP contribution in [0.25, 0.3) is 11.3 Å². The molecule has 2 atom stereocenters. The number of methoxy groups -OCH3 is 1. The van der Waals surface area contributed by atoms with E-state index in [-0.39, 0.29) is 29.4 Å². The molecule has 0 aliphatic heterocycles. The zero-order valence-electron chi connectivity index (χ0n) is 20.3. The lowest BCUT2D eigenvalue weighted by molar-refractivity contribution is -0.265. The molecule has 1 amide bonds. The van der Waals surface area contributed by atoms with Gasteiger partial charge in [-0.2, -0.15) is 13.2 Å². The SMILES string of the molecule is COc1cc(C(=O)NCC(O)(c2cc(C)cc(-c3ccc(F)cc3)n2)C(F)(F)F)ccc1OC[C@@H](C)O. The lowest BCUT2D eigenvalue weighted by atomic mass is 9.95. The number of ether oxygens (including phenoxy) is 2. The molecule has 0 saturated heterocycles. The average molecular weight is 522 g/mol. The minimum atomic E-state index is -5.20. The van der Waals surface area contributed by atoms with E-state index in [1.54, 1.807) is 0 Å². The number of benzene rings is 2. The molecule has 37 heavy (non-hydrogen) atoms. The Morgan fingerprint density at radius 3 is 2.35 bits per heavy atom. The number of rotatable bonds is 9. The molecule has 1 aromatic heterocycles. The average Bonchev–Trinajstić information content (AvgIpc) is 2.84. The van der Waals surface area contributed by atoms with E-state index in [2.05, 4.69) is 10.3 Å². The number of amides is 1. The predicted octanol–water partition coefficient (Wildman–Crippen LogP) is 4.14. The Morgan fingerprint density at radius 2 is 1.76 bits per heavy atom. The summed E-state index contributed by atoms with van der Waals surface area (Å²) in [6.45, 7) is 1.78. The van der Waals surface area contributed by atoms with Crippen molar-refractivity contribution in [2.45, 2.75) is 31.7 Å². The molecular formula is C26H26F4N2O5. The van der Waals surface area contributed by atoms with Crippen molar-refractivity contribution < 1.29 is 42.0 Å². The lowest BCUT2D eigenvalue weighted by Crippen LogP contribution is -2.51. The van der Waals surface area contributed by atoms with Crippen LogP contribution >= 0.6 is 0 Å². The standard InChI is InChI=1S/C26H26F4N2O5/c1-15-10-20(17-4-7-19(27)8-5-17)32-23(11-15)25(35,26(28,29)30)14-31-24(34)18-6-9-21(22(12-18)36-3)37-13-16(2)33/h4-12,16,33,35H,13-14H2,1-3H3,(H,31,34)/t16-,25?/m1/s1. The van der Waals surface area contributed by atoms with Crippen LogP contribution in [0.4, 0.5) is 17.6 Å². The van der Waals surface area contributed by atoms with Gasteiger partial charge >= 0.3 is 6.18 Å². The molecule has 3 aromatic rings. The third-order valence-corrected chi connectivity index (χ3v) is 5.41. The molecule has 7 nitrogen and oxygen atoms in total. The van der Waals surface area contributed by atoms with Gasteiger partial charge in [0.05, 0.1) is 31.1 Å². The summed E-state index contributed by atoms with van der Waals surface area (Å²) in [6, 6.07) is 11.5. The Morgan fingerprint density at radius 1 is 1.08 bits per heavy atom. The van der Waals surface area contributed by atoms with Crippen molar-refractivity contribution in [1.82, 2.24) is 10.3 Å². The zero-order valence-corrected chi connectivity index (χ0v) is 20.3. The maximum absolute atomic E-state index is 14.1. The largest absolute Gasteiger partial charge is 0.493 e. The number of pyridine rings is 1. The molecule has 0 radical (unpaired) electrons. The number of halogens is 4. The highest BCUT2D eigenvalue weighted by atomic mass is 19.4. The van der Waals surface area contributed by atoms with E-state index in [1.807, 2.05) is 0 Å². The van der Waals surface area contributed by atoms with Crippen LogP contribution in [0.1, 0.15) is 28.5 Å². The molecule has 2 aromatic carbocycles. The van der Waals surface area contributed by atoms with Gasteiger partial charge in [-0.25, -0.2) is 9.37 Å². The molecule has 0 saturated carbocycles. The molecule has 0 spiro atoms. The van der Waals surface area contributed by atoms with Crippen LogP contribution in [0.15, 0.2) is 54.6 Å². The van der Waals surface area contributed by atoms with Crippen LogP contribution in [0.5, 0.6) is 11.5 Å². The Hall–Kier alpha value is -3.70. The van der Waals surface area contributed by atoms with Gasteiger partial charge in [0.1, 0.15) is 12.4 Å². The highest BCUT2D eigenvalue weighted by Gasteiger charge is 2.56. The summed E-state index contributed by atoms with van der Waals surface area (Å²) in [5.74, 6) is -1.08. The van der Waals surface area contributed by atoms with Gasteiger partial charge in [-0.05, 0) is 74.0 Å². The smallest absolute Gasteiger partial charge is 0.424 e. The van der Waals surface area contributed by atoms with E-state index in [0.29, 0.717) is 11.1 Å². The summed E-state index contributed by atoms with van der Waals surface area (Å²) in [6.07, 6.45) is -5.95. The molecule has 1 heterocycles. The first-order valence-electron chi connectivity index (χ1n) is 11.2. The second kappa shape index (κ2) is 11.1. The van der Waals surface area contributed by atoms with E-state index < -0.39 is 41.8 Å². The maximum atomic E-state index is 14.1. The first-order chi connectivity index (χ1) is 17.3. The minimum Gasteiger partial charge on any atom is -0.493 e. The summed E-state index contributed by atoms with van der Waals surface area (Å²) in [7, 11) is 1.32. The van der Waals surface area contributed by atoms with Crippen LogP contribution in [0, 0.1) is 12.7 Å². The van der Waals surface area contributed by atoms with Crippen molar-refractivity contribution in [3.63, 3.8) is 0 Å². The normalized spacial score (nSPS) is 14.0. The Bertz CT molecular complexity index is 1250. The number of aromatic nitrogens is 1. The number of aliphatic hydroxyl groups excluding tert-OH is 1. The molecule has 0 aliphatic rings. The topological polar surface area (TPSA) is 101 Å². The van der Waals surface area contributed by atoms with Gasteiger partial charge in [-0.15, -0.1) is 0 Å². The Balaban J connectivity index is 1.88. The maximum Gasteiger partial charge on any atom is 0.424 e. The fourth-order valence-electron chi connectivity index (χ4n) is 3.43. The number of alkyl halides is 3. The van der Waals surface area contributed by atoms with Crippen molar-refractivity contribution >= 4 is 5.91 Å². The van der Waals surface area contributed by atoms with Gasteiger partial charge in [0.2, 0.25) is 5.60 Å². The number of carbonyl (C=O) groups is 1. The molecule has 3 rings (SSSR count). The van der Waals surface area contributed by atoms with E-state index in [9.17, 15) is 32.6 Å². The summed E-state index contributed by atoms with van der Waals surface area (Å²) < 4.78 is 66.2. The fraction of sp³-hybridized carbons (Fsp3) is 0.308. The molecule has 198 valence electrons. The van der Waals surface area contributed by atoms with Crippen LogP contribution in [0.3, 0.4) is 0 Å². The van der Waals surface area contributed by atoms with Crippen molar-refractivity contribution in [1.29, 1.82) is 0 Å². The van der Waals surface area contributed by atoms with Crippen molar-refractivity contribution in [3.05, 3.63) is 77.2 Å². The number of hydrogen-bond donors (Lipinski definition) is 3. The van der Waals surface area contributed by atoms with Crippen LogP contribution in [-0.4, -0.2) is 53.6 Å². The Kier molecular flexibility index (Phi) is 8.39. The number of nitrogens with zero attached hydrogens (tertiary/aromatic N) is 1. The number of hydrogen-bond acceptors (Lipinski definition) is 6. The molecule has 3 N–H and O–H groups in total. The van der Waals surface area contributed by atoms with Gasteiger partial charge in [0, 0.05) is 11.1 Å². The minimum absolute atomic E-state index is 0.0378. The molecular weight excluding hydrogens is 496 g/mol. The molecule has 1 unspecified atom stereocenters.